The summed E-state index contributed by atoms with van der Waals surface area (Å²) in [6.07, 6.45) is 5.29. The van der Waals surface area contributed by atoms with Crippen LogP contribution in [0.1, 0.15) is 11.1 Å². The zero-order valence-electron chi connectivity index (χ0n) is 13.4. The highest BCUT2D eigenvalue weighted by Crippen LogP contribution is 2.30. The van der Waals surface area contributed by atoms with Gasteiger partial charge in [0.05, 0.1) is 5.39 Å². The average molecular weight is 394 g/mol. The highest BCUT2D eigenvalue weighted by molar-refractivity contribution is 7.17. The van der Waals surface area contributed by atoms with E-state index >= 15 is 0 Å². The molecule has 0 saturated heterocycles. The van der Waals surface area contributed by atoms with Crippen LogP contribution in [0.5, 0.6) is 0 Å². The number of benzene rings is 1. The van der Waals surface area contributed by atoms with Crippen LogP contribution >= 0.6 is 36.2 Å². The number of thiophene rings is 1. The van der Waals surface area contributed by atoms with E-state index < -0.39 is 0 Å². The van der Waals surface area contributed by atoms with Gasteiger partial charge in [-0.05, 0) is 23.4 Å². The Morgan fingerprint density at radius 2 is 1.92 bits per heavy atom. The van der Waals surface area contributed by atoms with Gasteiger partial charge in [0, 0.05) is 18.9 Å². The number of aromatic nitrogens is 4. The van der Waals surface area contributed by atoms with Crippen molar-refractivity contribution in [3.63, 3.8) is 0 Å². The van der Waals surface area contributed by atoms with Crippen molar-refractivity contribution in [2.45, 2.75) is 13.5 Å². The van der Waals surface area contributed by atoms with Crippen molar-refractivity contribution in [2.75, 3.05) is 5.32 Å². The maximum atomic E-state index is 4.70. The van der Waals surface area contributed by atoms with Crippen molar-refractivity contribution >= 4 is 52.2 Å². The van der Waals surface area contributed by atoms with E-state index in [1.54, 1.807) is 23.9 Å². The smallest absolute Gasteiger partial charge is 0.238 e. The van der Waals surface area contributed by atoms with Gasteiger partial charge in [0.15, 0.2) is 0 Å². The number of anilines is 1. The van der Waals surface area contributed by atoms with Crippen LogP contribution < -0.4 is 5.32 Å². The second-order valence-corrected chi connectivity index (χ2v) is 6.14. The first-order chi connectivity index (χ1) is 11.3. The minimum absolute atomic E-state index is 0. The summed E-state index contributed by atoms with van der Waals surface area (Å²) in [5, 5.41) is 6.66. The van der Waals surface area contributed by atoms with Crippen LogP contribution in [-0.2, 0) is 6.54 Å². The standard InChI is InChI=1S/C17H15N5S.2ClH/c1-12-10-23-16-14(12)15(19-9-13-5-3-2-4-6-13)20-17(21-16)22-8-7-18-11-22;;/h2-8,10-11H,9H2,1H3,(H,19,20,21);2*1H. The SMILES string of the molecule is Cc1csc2nc(-n3ccnc3)nc(NCc3ccccc3)c12.Cl.Cl. The predicted molar refractivity (Wildman–Crippen MR) is 108 cm³/mol. The van der Waals surface area contributed by atoms with E-state index in [2.05, 4.69) is 39.7 Å². The van der Waals surface area contributed by atoms with Gasteiger partial charge in [-0.25, -0.2) is 9.97 Å². The summed E-state index contributed by atoms with van der Waals surface area (Å²) in [6.45, 7) is 2.82. The fourth-order valence-electron chi connectivity index (χ4n) is 2.48. The van der Waals surface area contributed by atoms with Gasteiger partial charge in [-0.3, -0.25) is 4.57 Å². The molecular formula is C17H17Cl2N5S. The number of aryl methyl sites for hydroxylation is 1. The molecule has 8 heteroatoms. The van der Waals surface area contributed by atoms with E-state index in [0.717, 1.165) is 22.6 Å². The van der Waals surface area contributed by atoms with Gasteiger partial charge in [0.1, 0.15) is 17.0 Å². The zero-order chi connectivity index (χ0) is 15.6. The van der Waals surface area contributed by atoms with Gasteiger partial charge in [-0.15, -0.1) is 36.2 Å². The van der Waals surface area contributed by atoms with Crippen molar-refractivity contribution in [1.29, 1.82) is 0 Å². The van der Waals surface area contributed by atoms with Crippen LogP contribution in [0.2, 0.25) is 0 Å². The number of rotatable bonds is 4. The summed E-state index contributed by atoms with van der Waals surface area (Å²) in [5.41, 5.74) is 2.41. The molecule has 4 aromatic rings. The molecule has 1 N–H and O–H groups in total. The van der Waals surface area contributed by atoms with Gasteiger partial charge in [-0.2, -0.15) is 4.98 Å². The molecule has 5 nitrogen and oxygen atoms in total. The van der Waals surface area contributed by atoms with E-state index in [-0.39, 0.29) is 24.8 Å². The molecule has 1 aromatic carbocycles. The van der Waals surface area contributed by atoms with Crippen molar-refractivity contribution in [2.24, 2.45) is 0 Å². The third kappa shape index (κ3) is 3.92. The molecule has 130 valence electrons. The van der Waals surface area contributed by atoms with Crippen LogP contribution in [0, 0.1) is 6.92 Å². The molecule has 0 saturated carbocycles. The maximum Gasteiger partial charge on any atom is 0.238 e. The molecule has 25 heavy (non-hydrogen) atoms. The normalized spacial score (nSPS) is 10.1. The Morgan fingerprint density at radius 1 is 1.12 bits per heavy atom. The topological polar surface area (TPSA) is 55.6 Å². The fourth-order valence-corrected chi connectivity index (χ4v) is 3.39. The number of halogens is 2. The molecule has 0 bridgehead atoms. The number of nitrogens with zero attached hydrogens (tertiary/aromatic N) is 4. The summed E-state index contributed by atoms with van der Waals surface area (Å²) < 4.78 is 1.82. The molecule has 0 unspecified atom stereocenters. The van der Waals surface area contributed by atoms with Crippen molar-refractivity contribution in [3.05, 3.63) is 65.6 Å². The molecule has 0 atom stereocenters. The molecular weight excluding hydrogens is 377 g/mol. The van der Waals surface area contributed by atoms with Crippen molar-refractivity contribution < 1.29 is 0 Å². The molecule has 0 fully saturated rings. The van der Waals surface area contributed by atoms with Gasteiger partial charge >= 0.3 is 0 Å². The molecule has 0 aliphatic heterocycles. The summed E-state index contributed by atoms with van der Waals surface area (Å²) in [5.74, 6) is 1.49. The number of fused-ring (bicyclic) bond motifs is 1. The first-order valence-electron chi connectivity index (χ1n) is 7.33. The monoisotopic (exact) mass is 393 g/mol. The Balaban J connectivity index is 0.00000113. The van der Waals surface area contributed by atoms with Crippen molar-refractivity contribution in [3.8, 4) is 5.95 Å². The van der Waals surface area contributed by atoms with Gasteiger partial charge < -0.3 is 5.32 Å². The largest absolute Gasteiger partial charge is 0.365 e. The average Bonchev–Trinajstić information content (AvgIpc) is 3.24. The van der Waals surface area contributed by atoms with Crippen LogP contribution in [0.3, 0.4) is 0 Å². The zero-order valence-corrected chi connectivity index (χ0v) is 15.9. The second-order valence-electron chi connectivity index (χ2n) is 5.28. The molecule has 0 amide bonds. The van der Waals surface area contributed by atoms with Crippen LogP contribution in [0.4, 0.5) is 5.82 Å². The fraction of sp³-hybridized carbons (Fsp3) is 0.118. The van der Waals surface area contributed by atoms with Crippen molar-refractivity contribution in [1.82, 2.24) is 19.5 Å². The first kappa shape index (κ1) is 19.2. The first-order valence-corrected chi connectivity index (χ1v) is 8.21. The summed E-state index contributed by atoms with van der Waals surface area (Å²) >= 11 is 1.64. The Bertz CT molecular complexity index is 939. The summed E-state index contributed by atoms with van der Waals surface area (Å²) in [4.78, 5) is 14.4. The lowest BCUT2D eigenvalue weighted by Gasteiger charge is -2.10. The lowest BCUT2D eigenvalue weighted by Crippen LogP contribution is -2.06. The number of nitrogens with one attached hydrogen (secondary N) is 1. The molecule has 3 heterocycles. The third-order valence-corrected chi connectivity index (χ3v) is 4.63. The summed E-state index contributed by atoms with van der Waals surface area (Å²) in [7, 11) is 0. The Morgan fingerprint density at radius 3 is 2.64 bits per heavy atom. The minimum Gasteiger partial charge on any atom is -0.365 e. The molecule has 0 aliphatic rings. The molecule has 0 spiro atoms. The maximum absolute atomic E-state index is 4.70. The second kappa shape index (κ2) is 8.29. The Labute approximate surface area is 162 Å². The van der Waals surface area contributed by atoms with E-state index in [9.17, 15) is 0 Å². The predicted octanol–water partition coefficient (Wildman–Crippen LogP) is 4.64. The molecule has 3 aromatic heterocycles. The molecule has 0 aliphatic carbocycles. The number of hydrogen-bond acceptors (Lipinski definition) is 5. The van der Waals surface area contributed by atoms with E-state index in [4.69, 9.17) is 4.98 Å². The van der Waals surface area contributed by atoms with Crippen LogP contribution in [-0.4, -0.2) is 19.5 Å². The van der Waals surface area contributed by atoms with E-state index in [1.807, 2.05) is 29.0 Å². The Kier molecular flexibility index (Phi) is 6.36. The quantitative estimate of drug-likeness (QED) is 0.548. The number of hydrogen-bond donors (Lipinski definition) is 1. The van der Waals surface area contributed by atoms with Crippen LogP contribution in [0.15, 0.2) is 54.4 Å². The van der Waals surface area contributed by atoms with E-state index in [0.29, 0.717) is 5.95 Å². The van der Waals surface area contributed by atoms with Gasteiger partial charge in [0.2, 0.25) is 5.95 Å². The Hall–Kier alpha value is -2.15. The molecule has 4 rings (SSSR count). The minimum atomic E-state index is 0. The van der Waals surface area contributed by atoms with Gasteiger partial charge in [0.25, 0.3) is 0 Å². The third-order valence-electron chi connectivity index (χ3n) is 3.64. The highest BCUT2D eigenvalue weighted by atomic mass is 35.5. The summed E-state index contributed by atoms with van der Waals surface area (Å²) in [6, 6.07) is 10.3. The lowest BCUT2D eigenvalue weighted by molar-refractivity contribution is 0.938. The highest BCUT2D eigenvalue weighted by Gasteiger charge is 2.12. The van der Waals surface area contributed by atoms with E-state index in [1.165, 1.54) is 11.1 Å². The lowest BCUT2D eigenvalue weighted by atomic mass is 10.2. The number of imidazole rings is 1. The molecule has 0 radical (unpaired) electrons. The van der Waals surface area contributed by atoms with Gasteiger partial charge in [-0.1, -0.05) is 30.3 Å². The van der Waals surface area contributed by atoms with Crippen LogP contribution in [0.25, 0.3) is 16.2 Å².